The molecule has 0 saturated carbocycles. The Kier molecular flexibility index (Phi) is 40.2. The first-order valence-electron chi connectivity index (χ1n) is 24.4. The lowest BCUT2D eigenvalue weighted by Crippen LogP contribution is -2.37. The van der Waals surface area contributed by atoms with E-state index < -0.39 is 26.5 Å². The maximum absolute atomic E-state index is 12.6. The van der Waals surface area contributed by atoms with E-state index in [0.29, 0.717) is 17.4 Å². The number of hydrogen-bond acceptors (Lipinski definition) is 8. The summed E-state index contributed by atoms with van der Waals surface area (Å²) in [4.78, 5) is 37.5. The van der Waals surface area contributed by atoms with Crippen molar-refractivity contribution in [3.8, 4) is 0 Å². The van der Waals surface area contributed by atoms with Gasteiger partial charge in [-0.3, -0.25) is 14.2 Å². The number of quaternary nitrogens is 1. The van der Waals surface area contributed by atoms with Gasteiger partial charge in [0, 0.05) is 12.8 Å². The standard InChI is InChI=1S/C48H94NO8P/c1-6-8-10-12-14-16-18-19-20-21-22-23-24-25-26-27-28-29-31-32-34-36-38-40-47(50)54-44-46(45-56-58(52,53)55-43-42-49(3,4)5)57-48(51)41-39-37-35-33-30-17-15-13-11-9-7-2/h13,15,46H,6-12,14,16-45H2,1-5H3/b15-13-. The Morgan fingerprint density at radius 2 is 0.897 bits per heavy atom. The number of nitrogens with zero attached hydrogens (tertiary/aromatic N) is 1. The number of allylic oxidation sites excluding steroid dienone is 2. The van der Waals surface area contributed by atoms with Crippen LogP contribution in [0.1, 0.15) is 232 Å². The first kappa shape index (κ1) is 56.8. The lowest BCUT2D eigenvalue weighted by molar-refractivity contribution is -0.870. The Bertz CT molecular complexity index is 1000. The Labute approximate surface area is 358 Å². The fourth-order valence-electron chi connectivity index (χ4n) is 6.93. The predicted octanol–water partition coefficient (Wildman–Crippen LogP) is 13.5. The summed E-state index contributed by atoms with van der Waals surface area (Å²) in [6, 6.07) is 0. The van der Waals surface area contributed by atoms with Crippen LogP contribution in [0, 0.1) is 0 Å². The van der Waals surface area contributed by atoms with Crippen molar-refractivity contribution in [2.24, 2.45) is 0 Å². The molecule has 0 aliphatic heterocycles. The van der Waals surface area contributed by atoms with Crippen LogP contribution in [0.5, 0.6) is 0 Å². The van der Waals surface area contributed by atoms with Crippen molar-refractivity contribution in [2.45, 2.75) is 238 Å². The van der Waals surface area contributed by atoms with Crippen molar-refractivity contribution >= 4 is 19.8 Å². The monoisotopic (exact) mass is 844 g/mol. The number of hydrogen-bond donors (Lipinski definition) is 0. The minimum atomic E-state index is -4.62. The van der Waals surface area contributed by atoms with Crippen LogP contribution in [0.4, 0.5) is 0 Å². The summed E-state index contributed by atoms with van der Waals surface area (Å²) < 4.78 is 33.9. The normalized spacial score (nSPS) is 13.6. The molecule has 10 heteroatoms. The summed E-state index contributed by atoms with van der Waals surface area (Å²) in [6.07, 6.45) is 44.0. The van der Waals surface area contributed by atoms with Crippen molar-refractivity contribution in [1.29, 1.82) is 0 Å². The minimum absolute atomic E-state index is 0.0293. The van der Waals surface area contributed by atoms with E-state index in [1.165, 1.54) is 141 Å². The first-order chi connectivity index (χ1) is 28.0. The Morgan fingerprint density at radius 1 is 0.517 bits per heavy atom. The molecule has 344 valence electrons. The van der Waals surface area contributed by atoms with Crippen LogP contribution < -0.4 is 4.89 Å². The van der Waals surface area contributed by atoms with Crippen molar-refractivity contribution < 1.29 is 42.1 Å². The number of phosphoric ester groups is 1. The van der Waals surface area contributed by atoms with Gasteiger partial charge in [-0.25, -0.2) is 0 Å². The summed E-state index contributed by atoms with van der Waals surface area (Å²) in [7, 11) is 1.17. The third-order valence-electron chi connectivity index (χ3n) is 10.8. The third kappa shape index (κ3) is 44.3. The molecule has 2 atom stereocenters. The fraction of sp³-hybridized carbons (Fsp3) is 0.917. The van der Waals surface area contributed by atoms with Crippen molar-refractivity contribution in [3.63, 3.8) is 0 Å². The second-order valence-corrected chi connectivity index (χ2v) is 19.2. The molecule has 0 aliphatic carbocycles. The SMILES string of the molecule is CCCC/C=C\CCCCCCCC(=O)OC(COC(=O)CCCCCCCCCCCCCCCCCCCCCCCCC)COP(=O)([O-])OCC[N+](C)(C)C. The molecule has 0 radical (unpaired) electrons. The molecule has 0 fully saturated rings. The largest absolute Gasteiger partial charge is 0.756 e. The van der Waals surface area contributed by atoms with Gasteiger partial charge in [-0.15, -0.1) is 0 Å². The Balaban J connectivity index is 4.12. The molecule has 0 aromatic heterocycles. The molecule has 0 aliphatic rings. The van der Waals surface area contributed by atoms with Crippen LogP contribution in [0.2, 0.25) is 0 Å². The molecule has 0 spiro atoms. The summed E-state index contributed by atoms with van der Waals surface area (Å²) in [5.41, 5.74) is 0. The highest BCUT2D eigenvalue weighted by atomic mass is 31.2. The number of esters is 2. The van der Waals surface area contributed by atoms with E-state index in [1.807, 2.05) is 21.1 Å². The lowest BCUT2D eigenvalue weighted by atomic mass is 10.0. The molecule has 0 amide bonds. The van der Waals surface area contributed by atoms with Crippen LogP contribution in [0.15, 0.2) is 12.2 Å². The number of carbonyl (C=O) groups is 2. The fourth-order valence-corrected chi connectivity index (χ4v) is 7.66. The van der Waals surface area contributed by atoms with Crippen molar-refractivity contribution in [3.05, 3.63) is 12.2 Å². The topological polar surface area (TPSA) is 111 Å². The molecule has 0 N–H and O–H groups in total. The van der Waals surface area contributed by atoms with Gasteiger partial charge in [-0.2, -0.15) is 0 Å². The summed E-state index contributed by atoms with van der Waals surface area (Å²) >= 11 is 0. The van der Waals surface area contributed by atoms with E-state index in [0.717, 1.165) is 57.8 Å². The van der Waals surface area contributed by atoms with Crippen molar-refractivity contribution in [2.75, 3.05) is 47.5 Å². The zero-order chi connectivity index (χ0) is 42.8. The van der Waals surface area contributed by atoms with Gasteiger partial charge >= 0.3 is 11.9 Å². The number of ether oxygens (including phenoxy) is 2. The van der Waals surface area contributed by atoms with Crippen LogP contribution in [-0.4, -0.2) is 70.0 Å². The second-order valence-electron chi connectivity index (χ2n) is 17.8. The van der Waals surface area contributed by atoms with Gasteiger partial charge < -0.3 is 27.9 Å². The molecule has 0 aromatic rings. The smallest absolute Gasteiger partial charge is 0.306 e. The van der Waals surface area contributed by atoms with Gasteiger partial charge in [0.1, 0.15) is 19.8 Å². The van der Waals surface area contributed by atoms with E-state index >= 15 is 0 Å². The predicted molar refractivity (Wildman–Crippen MR) is 241 cm³/mol. The molecule has 58 heavy (non-hydrogen) atoms. The van der Waals surface area contributed by atoms with E-state index in [2.05, 4.69) is 26.0 Å². The number of carbonyl (C=O) groups excluding carboxylic acids is 2. The van der Waals surface area contributed by atoms with Crippen molar-refractivity contribution in [1.82, 2.24) is 0 Å². The maximum atomic E-state index is 12.6. The number of rotatable bonds is 45. The van der Waals surface area contributed by atoms with Gasteiger partial charge in [-0.1, -0.05) is 199 Å². The highest BCUT2D eigenvalue weighted by Gasteiger charge is 2.21. The van der Waals surface area contributed by atoms with Gasteiger partial charge in [0.25, 0.3) is 7.82 Å². The summed E-state index contributed by atoms with van der Waals surface area (Å²) in [5, 5.41) is 0. The van der Waals surface area contributed by atoms with E-state index in [9.17, 15) is 19.0 Å². The zero-order valence-electron chi connectivity index (χ0n) is 38.8. The van der Waals surface area contributed by atoms with Crippen LogP contribution in [0.25, 0.3) is 0 Å². The molecule has 0 rings (SSSR count). The van der Waals surface area contributed by atoms with E-state index in [1.54, 1.807) is 0 Å². The highest BCUT2D eigenvalue weighted by molar-refractivity contribution is 7.45. The van der Waals surface area contributed by atoms with Crippen LogP contribution in [-0.2, 0) is 32.7 Å². The number of phosphoric acid groups is 1. The highest BCUT2D eigenvalue weighted by Crippen LogP contribution is 2.38. The number of unbranched alkanes of at least 4 members (excludes halogenated alkanes) is 29. The summed E-state index contributed by atoms with van der Waals surface area (Å²) in [6.45, 7) is 4.21. The molecule has 9 nitrogen and oxygen atoms in total. The second kappa shape index (κ2) is 41.1. The van der Waals surface area contributed by atoms with Gasteiger partial charge in [0.15, 0.2) is 6.10 Å². The zero-order valence-corrected chi connectivity index (χ0v) is 39.7. The van der Waals surface area contributed by atoms with Gasteiger partial charge in [0.2, 0.25) is 0 Å². The molecular formula is C48H94NO8P. The van der Waals surface area contributed by atoms with Crippen LogP contribution >= 0.6 is 7.82 Å². The molecule has 2 unspecified atom stereocenters. The van der Waals surface area contributed by atoms with Crippen LogP contribution in [0.3, 0.4) is 0 Å². The quantitative estimate of drug-likeness (QED) is 0.0196. The minimum Gasteiger partial charge on any atom is -0.756 e. The Hall–Kier alpha value is -1.25. The molecule has 0 saturated heterocycles. The molecular weight excluding hydrogens is 750 g/mol. The molecule has 0 aromatic carbocycles. The average molecular weight is 844 g/mol. The van der Waals surface area contributed by atoms with Gasteiger partial charge in [-0.05, 0) is 32.1 Å². The third-order valence-corrected chi connectivity index (χ3v) is 11.7. The molecule has 0 heterocycles. The van der Waals surface area contributed by atoms with Gasteiger partial charge in [0.05, 0.1) is 27.7 Å². The lowest BCUT2D eigenvalue weighted by Gasteiger charge is -2.28. The maximum Gasteiger partial charge on any atom is 0.306 e. The van der Waals surface area contributed by atoms with E-state index in [-0.39, 0.29) is 32.0 Å². The Morgan fingerprint density at radius 3 is 1.33 bits per heavy atom. The first-order valence-corrected chi connectivity index (χ1v) is 25.9. The summed E-state index contributed by atoms with van der Waals surface area (Å²) in [5.74, 6) is -0.834. The number of likely N-dealkylation sites (N-methyl/N-ethyl adjacent to an activating group) is 1. The molecule has 0 bridgehead atoms. The van der Waals surface area contributed by atoms with E-state index in [4.69, 9.17) is 18.5 Å². The average Bonchev–Trinajstić information content (AvgIpc) is 3.17.